The predicted molar refractivity (Wildman–Crippen MR) is 96.9 cm³/mol. The molecule has 0 aliphatic rings. The maximum absolute atomic E-state index is 12.8. The van der Waals surface area contributed by atoms with E-state index in [-0.39, 0.29) is 17.9 Å². The van der Waals surface area contributed by atoms with E-state index in [4.69, 9.17) is 5.26 Å². The minimum Gasteiger partial charge on any atom is -0.332 e. The van der Waals surface area contributed by atoms with Gasteiger partial charge in [-0.25, -0.2) is 0 Å². The van der Waals surface area contributed by atoms with Crippen LogP contribution in [-0.2, 0) is 11.3 Å². The molecule has 2 aromatic rings. The molecule has 1 N–H and O–H groups in total. The molecule has 0 spiro atoms. The lowest BCUT2D eigenvalue weighted by Gasteiger charge is -2.27. The molecule has 0 bridgehead atoms. The molecule has 0 fully saturated rings. The van der Waals surface area contributed by atoms with Gasteiger partial charge in [0, 0.05) is 30.8 Å². The second-order valence-electron chi connectivity index (χ2n) is 6.09. The molecule has 0 aromatic heterocycles. The summed E-state index contributed by atoms with van der Waals surface area (Å²) in [5.74, 6) is -0.225. The van der Waals surface area contributed by atoms with Crippen molar-refractivity contribution in [3.8, 4) is 6.07 Å². The van der Waals surface area contributed by atoms with Crippen molar-refractivity contribution in [3.63, 3.8) is 0 Å². The Balaban J connectivity index is 2.16. The molecule has 0 radical (unpaired) electrons. The number of hydrogen-bond acceptors (Lipinski definition) is 3. The normalized spacial score (nSPS) is 10.2. The van der Waals surface area contributed by atoms with Crippen LogP contribution in [0.4, 0.5) is 5.69 Å². The smallest absolute Gasteiger partial charge is 0.254 e. The molecule has 0 saturated heterocycles. The summed E-state index contributed by atoms with van der Waals surface area (Å²) in [5.41, 5.74) is 2.79. The number of benzene rings is 2. The van der Waals surface area contributed by atoms with E-state index >= 15 is 0 Å². The van der Waals surface area contributed by atoms with E-state index in [1.165, 1.54) is 6.92 Å². The summed E-state index contributed by atoms with van der Waals surface area (Å²) in [6.07, 6.45) is 0. The Morgan fingerprint density at radius 1 is 1.08 bits per heavy atom. The van der Waals surface area contributed by atoms with E-state index in [1.54, 1.807) is 41.3 Å². The Morgan fingerprint density at radius 3 is 2.16 bits per heavy atom. The second kappa shape index (κ2) is 8.11. The van der Waals surface area contributed by atoms with Crippen molar-refractivity contribution in [2.24, 2.45) is 0 Å². The molecular weight excluding hydrogens is 314 g/mol. The fraction of sp³-hybridized carbons (Fsp3) is 0.250. The van der Waals surface area contributed by atoms with E-state index in [1.807, 2.05) is 26.0 Å². The highest BCUT2D eigenvalue weighted by Crippen LogP contribution is 2.16. The van der Waals surface area contributed by atoms with Crippen LogP contribution in [0.3, 0.4) is 0 Å². The van der Waals surface area contributed by atoms with Crippen molar-refractivity contribution < 1.29 is 9.59 Å². The molecule has 5 nitrogen and oxygen atoms in total. The zero-order valence-corrected chi connectivity index (χ0v) is 14.6. The Labute approximate surface area is 147 Å². The zero-order chi connectivity index (χ0) is 18.4. The first-order valence-corrected chi connectivity index (χ1v) is 8.08. The molecule has 128 valence electrons. The Kier molecular flexibility index (Phi) is 5.91. The average molecular weight is 335 g/mol. The summed E-state index contributed by atoms with van der Waals surface area (Å²) in [4.78, 5) is 25.7. The molecule has 2 aromatic carbocycles. The molecule has 0 aliphatic heterocycles. The van der Waals surface area contributed by atoms with E-state index in [0.29, 0.717) is 23.4 Å². The van der Waals surface area contributed by atoms with Crippen LogP contribution in [0.25, 0.3) is 0 Å². The van der Waals surface area contributed by atoms with Gasteiger partial charge >= 0.3 is 0 Å². The van der Waals surface area contributed by atoms with Crippen molar-refractivity contribution in [3.05, 3.63) is 65.2 Å². The second-order valence-corrected chi connectivity index (χ2v) is 6.09. The minimum atomic E-state index is -0.149. The van der Waals surface area contributed by atoms with Crippen molar-refractivity contribution in [1.82, 2.24) is 4.90 Å². The van der Waals surface area contributed by atoms with E-state index < -0.39 is 0 Å². The molecule has 0 saturated carbocycles. The van der Waals surface area contributed by atoms with Crippen LogP contribution in [0.1, 0.15) is 42.3 Å². The van der Waals surface area contributed by atoms with Crippen LogP contribution in [-0.4, -0.2) is 22.8 Å². The van der Waals surface area contributed by atoms with Gasteiger partial charge in [-0.3, -0.25) is 9.59 Å². The SMILES string of the molecule is CC(=O)Nc1ccc(C(=O)N(Cc2ccc(C#N)cc2)C(C)C)cc1. The van der Waals surface area contributed by atoms with E-state index in [2.05, 4.69) is 11.4 Å². The molecule has 2 rings (SSSR count). The number of amides is 2. The van der Waals surface area contributed by atoms with Crippen LogP contribution in [0, 0.1) is 11.3 Å². The van der Waals surface area contributed by atoms with Gasteiger partial charge in [-0.2, -0.15) is 5.26 Å². The van der Waals surface area contributed by atoms with Gasteiger partial charge in [-0.05, 0) is 55.8 Å². The summed E-state index contributed by atoms with van der Waals surface area (Å²) in [6.45, 7) is 5.84. The van der Waals surface area contributed by atoms with Gasteiger partial charge < -0.3 is 10.2 Å². The third-order valence-corrected chi connectivity index (χ3v) is 3.77. The van der Waals surface area contributed by atoms with Gasteiger partial charge in [-0.1, -0.05) is 12.1 Å². The summed E-state index contributed by atoms with van der Waals surface area (Å²) in [6, 6.07) is 16.2. The van der Waals surface area contributed by atoms with Crippen molar-refractivity contribution in [2.75, 3.05) is 5.32 Å². The highest BCUT2D eigenvalue weighted by molar-refractivity contribution is 5.95. The number of carbonyl (C=O) groups is 2. The Bertz CT molecular complexity index is 787. The third kappa shape index (κ3) is 4.92. The maximum Gasteiger partial charge on any atom is 0.254 e. The number of hydrogen-bond donors (Lipinski definition) is 1. The summed E-state index contributed by atoms with van der Waals surface area (Å²) < 4.78 is 0. The number of nitrogens with zero attached hydrogens (tertiary/aromatic N) is 2. The zero-order valence-electron chi connectivity index (χ0n) is 14.6. The molecule has 0 heterocycles. The van der Waals surface area contributed by atoms with Crippen LogP contribution < -0.4 is 5.32 Å². The van der Waals surface area contributed by atoms with Gasteiger partial charge in [0.2, 0.25) is 5.91 Å². The third-order valence-electron chi connectivity index (χ3n) is 3.77. The lowest BCUT2D eigenvalue weighted by Crippen LogP contribution is -2.36. The fourth-order valence-corrected chi connectivity index (χ4v) is 2.44. The summed E-state index contributed by atoms with van der Waals surface area (Å²) in [7, 11) is 0. The van der Waals surface area contributed by atoms with Crippen LogP contribution in [0.5, 0.6) is 0 Å². The largest absolute Gasteiger partial charge is 0.332 e. The quantitative estimate of drug-likeness (QED) is 0.908. The predicted octanol–water partition coefficient (Wildman–Crippen LogP) is 3.57. The van der Waals surface area contributed by atoms with Crippen molar-refractivity contribution in [2.45, 2.75) is 33.4 Å². The Morgan fingerprint density at radius 2 is 1.68 bits per heavy atom. The highest BCUT2D eigenvalue weighted by Gasteiger charge is 2.19. The molecule has 25 heavy (non-hydrogen) atoms. The van der Waals surface area contributed by atoms with Crippen LogP contribution in [0.15, 0.2) is 48.5 Å². The monoisotopic (exact) mass is 335 g/mol. The minimum absolute atomic E-state index is 0.0261. The van der Waals surface area contributed by atoms with Crippen LogP contribution >= 0.6 is 0 Å². The summed E-state index contributed by atoms with van der Waals surface area (Å²) >= 11 is 0. The molecule has 0 unspecified atom stereocenters. The molecular formula is C20H21N3O2. The number of carbonyl (C=O) groups excluding carboxylic acids is 2. The highest BCUT2D eigenvalue weighted by atomic mass is 16.2. The lowest BCUT2D eigenvalue weighted by molar-refractivity contribution is -0.114. The maximum atomic E-state index is 12.8. The molecule has 0 atom stereocenters. The first-order valence-electron chi connectivity index (χ1n) is 8.08. The summed E-state index contributed by atoms with van der Waals surface area (Å²) in [5, 5.41) is 11.6. The van der Waals surface area contributed by atoms with Gasteiger partial charge in [0.15, 0.2) is 0 Å². The van der Waals surface area contributed by atoms with E-state index in [9.17, 15) is 9.59 Å². The number of anilines is 1. The van der Waals surface area contributed by atoms with Gasteiger partial charge in [0.25, 0.3) is 5.91 Å². The topological polar surface area (TPSA) is 73.2 Å². The average Bonchev–Trinajstić information content (AvgIpc) is 2.59. The van der Waals surface area contributed by atoms with Crippen molar-refractivity contribution in [1.29, 1.82) is 5.26 Å². The van der Waals surface area contributed by atoms with Gasteiger partial charge in [0.05, 0.1) is 11.6 Å². The number of nitriles is 1. The van der Waals surface area contributed by atoms with Gasteiger partial charge in [-0.15, -0.1) is 0 Å². The number of nitrogens with one attached hydrogen (secondary N) is 1. The number of rotatable bonds is 5. The lowest BCUT2D eigenvalue weighted by atomic mass is 10.1. The molecule has 2 amide bonds. The van der Waals surface area contributed by atoms with Gasteiger partial charge in [0.1, 0.15) is 0 Å². The molecule has 0 aliphatic carbocycles. The first kappa shape index (κ1) is 18.2. The fourth-order valence-electron chi connectivity index (χ4n) is 2.44. The Hall–Kier alpha value is -3.13. The van der Waals surface area contributed by atoms with Crippen LogP contribution in [0.2, 0.25) is 0 Å². The molecule has 5 heteroatoms. The first-order chi connectivity index (χ1) is 11.9. The standard InChI is InChI=1S/C20H21N3O2/c1-14(2)23(13-17-6-4-16(12-21)5-7-17)20(25)18-8-10-19(11-9-18)22-15(3)24/h4-11,14H,13H2,1-3H3,(H,22,24). The van der Waals surface area contributed by atoms with E-state index in [0.717, 1.165) is 5.56 Å². The van der Waals surface area contributed by atoms with Crippen molar-refractivity contribution >= 4 is 17.5 Å².